The Morgan fingerprint density at radius 2 is 1.74 bits per heavy atom. The molecule has 4 heteroatoms. The largest absolute Gasteiger partial charge is 0.492 e. The van der Waals surface area contributed by atoms with Crippen molar-refractivity contribution in [2.75, 3.05) is 27.2 Å². The molecule has 0 saturated carbocycles. The summed E-state index contributed by atoms with van der Waals surface area (Å²) in [6, 6.07) is 16.1. The Balaban J connectivity index is 1.80. The fourth-order valence-corrected chi connectivity index (χ4v) is 2.93. The molecule has 0 spiro atoms. The van der Waals surface area contributed by atoms with E-state index in [0.717, 1.165) is 40.0 Å². The lowest BCUT2D eigenvalue weighted by molar-refractivity contribution is 0.0858. The molecule has 0 aliphatic rings. The first kappa shape index (κ1) is 19.2. The third-order valence-corrected chi connectivity index (χ3v) is 4.54. The van der Waals surface area contributed by atoms with Gasteiger partial charge in [-0.15, -0.1) is 0 Å². The van der Waals surface area contributed by atoms with Crippen LogP contribution in [0.15, 0.2) is 48.5 Å². The van der Waals surface area contributed by atoms with Crippen LogP contribution in [-0.2, 0) is 0 Å². The second-order valence-corrected chi connectivity index (χ2v) is 8.24. The molecule has 1 heterocycles. The number of H-pyrrole nitrogens is 1. The highest BCUT2D eigenvalue weighted by molar-refractivity contribution is 6.02. The topological polar surface area (TPSA) is 45.3 Å². The Kier molecular flexibility index (Phi) is 5.38. The lowest BCUT2D eigenvalue weighted by Gasteiger charge is -2.16. The minimum atomic E-state index is -0.383. The molecule has 0 unspecified atom stereocenters. The van der Waals surface area contributed by atoms with Gasteiger partial charge in [0.2, 0.25) is 0 Å². The maximum Gasteiger partial charge on any atom is 0.168 e. The average Bonchev–Trinajstić information content (AvgIpc) is 3.03. The molecule has 2 aromatic carbocycles. The summed E-state index contributed by atoms with van der Waals surface area (Å²) in [4.78, 5) is 18.1. The molecular weight excluding hydrogens is 336 g/mol. The number of Topliss-reactive ketones (excluding diaryl/α,β-unsaturated/α-hetero) is 1. The highest BCUT2D eigenvalue weighted by Gasteiger charge is 2.23. The summed E-state index contributed by atoms with van der Waals surface area (Å²) in [7, 11) is 4.06. The van der Waals surface area contributed by atoms with Crippen LogP contribution < -0.4 is 4.74 Å². The summed E-state index contributed by atoms with van der Waals surface area (Å²) in [5.74, 6) is 1.02. The highest BCUT2D eigenvalue weighted by Crippen LogP contribution is 2.28. The van der Waals surface area contributed by atoms with E-state index in [4.69, 9.17) is 4.74 Å². The molecule has 3 rings (SSSR count). The third kappa shape index (κ3) is 4.58. The third-order valence-electron chi connectivity index (χ3n) is 4.54. The number of aromatic amines is 1. The molecule has 0 amide bonds. The van der Waals surface area contributed by atoms with Crippen molar-refractivity contribution in [1.29, 1.82) is 0 Å². The smallest absolute Gasteiger partial charge is 0.168 e. The predicted molar refractivity (Wildman–Crippen MR) is 112 cm³/mol. The van der Waals surface area contributed by atoms with Gasteiger partial charge in [0.15, 0.2) is 5.78 Å². The molecule has 0 aliphatic carbocycles. The molecule has 1 aromatic heterocycles. The summed E-state index contributed by atoms with van der Waals surface area (Å²) in [6.45, 7) is 7.40. The molecule has 0 saturated heterocycles. The van der Waals surface area contributed by atoms with E-state index in [9.17, 15) is 4.79 Å². The first-order valence-electron chi connectivity index (χ1n) is 9.29. The lowest BCUT2D eigenvalue weighted by Crippen LogP contribution is -2.19. The van der Waals surface area contributed by atoms with E-state index >= 15 is 0 Å². The van der Waals surface area contributed by atoms with Gasteiger partial charge >= 0.3 is 0 Å². The van der Waals surface area contributed by atoms with Crippen LogP contribution in [0.5, 0.6) is 5.75 Å². The van der Waals surface area contributed by atoms with Gasteiger partial charge in [0, 0.05) is 34.1 Å². The fourth-order valence-electron chi connectivity index (χ4n) is 2.93. The van der Waals surface area contributed by atoms with E-state index in [1.54, 1.807) is 0 Å². The van der Waals surface area contributed by atoms with Crippen molar-refractivity contribution in [3.8, 4) is 17.0 Å². The van der Waals surface area contributed by atoms with Crippen molar-refractivity contribution in [2.45, 2.75) is 20.8 Å². The second kappa shape index (κ2) is 7.57. The van der Waals surface area contributed by atoms with Crippen LogP contribution in [-0.4, -0.2) is 42.9 Å². The van der Waals surface area contributed by atoms with Crippen LogP contribution in [0.25, 0.3) is 22.2 Å². The number of ether oxygens (including phenoxy) is 1. The van der Waals surface area contributed by atoms with Crippen LogP contribution in [0.2, 0.25) is 0 Å². The number of fused-ring (bicyclic) bond motifs is 1. The van der Waals surface area contributed by atoms with Gasteiger partial charge in [0.25, 0.3) is 0 Å². The van der Waals surface area contributed by atoms with Gasteiger partial charge in [-0.25, -0.2) is 0 Å². The Labute approximate surface area is 161 Å². The van der Waals surface area contributed by atoms with E-state index in [1.165, 1.54) is 0 Å². The fraction of sp³-hybridized carbons (Fsp3) is 0.348. The van der Waals surface area contributed by atoms with Crippen molar-refractivity contribution < 1.29 is 9.53 Å². The number of carbonyl (C=O) groups is 1. The monoisotopic (exact) mass is 364 g/mol. The Morgan fingerprint density at radius 1 is 1.04 bits per heavy atom. The van der Waals surface area contributed by atoms with Crippen molar-refractivity contribution in [1.82, 2.24) is 9.88 Å². The van der Waals surface area contributed by atoms with Crippen molar-refractivity contribution in [3.05, 3.63) is 54.1 Å². The zero-order valence-electron chi connectivity index (χ0n) is 16.8. The molecule has 0 bridgehead atoms. The van der Waals surface area contributed by atoms with Gasteiger partial charge in [-0.2, -0.15) is 0 Å². The Hall–Kier alpha value is -2.59. The quantitative estimate of drug-likeness (QED) is 0.626. The molecular formula is C23H28N2O2. The molecule has 27 heavy (non-hydrogen) atoms. The van der Waals surface area contributed by atoms with E-state index in [-0.39, 0.29) is 11.2 Å². The lowest BCUT2D eigenvalue weighted by atomic mass is 9.86. The number of aromatic nitrogens is 1. The van der Waals surface area contributed by atoms with Crippen molar-refractivity contribution in [2.24, 2.45) is 5.41 Å². The summed E-state index contributed by atoms with van der Waals surface area (Å²) < 4.78 is 5.75. The maximum absolute atomic E-state index is 12.5. The van der Waals surface area contributed by atoms with Crippen LogP contribution in [0.3, 0.4) is 0 Å². The minimum Gasteiger partial charge on any atom is -0.492 e. The maximum atomic E-state index is 12.5. The number of ketones is 1. The molecule has 1 N–H and O–H groups in total. The molecule has 0 fully saturated rings. The summed E-state index contributed by atoms with van der Waals surface area (Å²) in [5.41, 5.74) is 3.46. The number of nitrogens with zero attached hydrogens (tertiary/aromatic N) is 1. The number of likely N-dealkylation sites (N-methyl/N-ethyl adjacent to an activating group) is 1. The van der Waals surface area contributed by atoms with Crippen molar-refractivity contribution >= 4 is 16.7 Å². The zero-order chi connectivity index (χ0) is 19.6. The van der Waals surface area contributed by atoms with E-state index in [2.05, 4.69) is 28.1 Å². The normalized spacial score (nSPS) is 11.9. The predicted octanol–water partition coefficient (Wildman–Crippen LogP) is 5.00. The Bertz CT molecular complexity index is 931. The molecule has 0 aliphatic heterocycles. The SMILES string of the molecule is CN(C)CCOc1ccc(-c2cc3ccc(C(=O)C(C)(C)C)cc3[nH]2)cc1. The van der Waals surface area contributed by atoms with Crippen LogP contribution in [0, 0.1) is 5.41 Å². The van der Waals surface area contributed by atoms with Gasteiger partial charge < -0.3 is 14.6 Å². The summed E-state index contributed by atoms with van der Waals surface area (Å²) in [6.07, 6.45) is 0. The number of hydrogen-bond acceptors (Lipinski definition) is 3. The molecule has 4 nitrogen and oxygen atoms in total. The number of hydrogen-bond donors (Lipinski definition) is 1. The average molecular weight is 364 g/mol. The second-order valence-electron chi connectivity index (χ2n) is 8.24. The summed E-state index contributed by atoms with van der Waals surface area (Å²) >= 11 is 0. The van der Waals surface area contributed by atoms with Crippen molar-refractivity contribution in [3.63, 3.8) is 0 Å². The standard InChI is InChI=1S/C23H28N2O2/c1-23(2,3)22(26)18-7-6-17-14-20(24-21(17)15-18)16-8-10-19(11-9-16)27-13-12-25(4)5/h6-11,14-15,24H,12-13H2,1-5H3. The van der Waals surface area contributed by atoms with Gasteiger partial charge in [-0.05, 0) is 56.1 Å². The van der Waals surface area contributed by atoms with E-state index < -0.39 is 0 Å². The van der Waals surface area contributed by atoms with Gasteiger partial charge in [0.05, 0.1) is 0 Å². The zero-order valence-corrected chi connectivity index (χ0v) is 16.8. The minimum absolute atomic E-state index is 0.153. The van der Waals surface area contributed by atoms with E-state index in [1.807, 2.05) is 65.2 Å². The Morgan fingerprint density at radius 3 is 2.37 bits per heavy atom. The number of benzene rings is 2. The van der Waals surface area contributed by atoms with E-state index in [0.29, 0.717) is 6.61 Å². The van der Waals surface area contributed by atoms with Crippen LogP contribution in [0.4, 0.5) is 0 Å². The number of nitrogens with one attached hydrogen (secondary N) is 1. The highest BCUT2D eigenvalue weighted by atomic mass is 16.5. The molecule has 142 valence electrons. The van der Waals surface area contributed by atoms with Crippen LogP contribution >= 0.6 is 0 Å². The number of carbonyl (C=O) groups excluding carboxylic acids is 1. The first-order valence-corrected chi connectivity index (χ1v) is 9.29. The first-order chi connectivity index (χ1) is 12.7. The molecule has 3 aromatic rings. The molecule has 0 radical (unpaired) electrons. The van der Waals surface area contributed by atoms with Gasteiger partial charge in [-0.3, -0.25) is 4.79 Å². The van der Waals surface area contributed by atoms with Gasteiger partial charge in [0.1, 0.15) is 12.4 Å². The van der Waals surface area contributed by atoms with Crippen LogP contribution in [0.1, 0.15) is 31.1 Å². The summed E-state index contributed by atoms with van der Waals surface area (Å²) in [5, 5.41) is 1.10. The molecule has 0 atom stereocenters. The van der Waals surface area contributed by atoms with Gasteiger partial charge in [-0.1, -0.05) is 32.9 Å². The number of rotatable bonds is 6.